The first-order chi connectivity index (χ1) is 32.0. The number of rotatable bonds is 16. The molecule has 0 radical (unpaired) electrons. The van der Waals surface area contributed by atoms with Gasteiger partial charge in [0, 0.05) is 65.7 Å². The highest BCUT2D eigenvalue weighted by Crippen LogP contribution is 2.41. The van der Waals surface area contributed by atoms with E-state index in [2.05, 4.69) is 41.9 Å². The van der Waals surface area contributed by atoms with E-state index in [-0.39, 0.29) is 42.5 Å². The number of anilines is 3. The van der Waals surface area contributed by atoms with Gasteiger partial charge in [0.15, 0.2) is 6.23 Å². The number of halogens is 1. The van der Waals surface area contributed by atoms with Crippen molar-refractivity contribution >= 4 is 57.5 Å². The van der Waals surface area contributed by atoms with Gasteiger partial charge in [0.05, 0.1) is 47.2 Å². The number of nitrogens with one attached hydrogen (secondary N) is 5. The van der Waals surface area contributed by atoms with Crippen LogP contribution in [-0.4, -0.2) is 85.3 Å². The zero-order valence-corrected chi connectivity index (χ0v) is 36.1. The Morgan fingerprint density at radius 1 is 0.970 bits per heavy atom. The molecule has 2 aliphatic heterocycles. The van der Waals surface area contributed by atoms with Crippen LogP contribution in [0.25, 0.3) is 22.0 Å². The second-order valence-electron chi connectivity index (χ2n) is 16.6. The molecule has 1 saturated carbocycles. The molecule has 4 aromatic carbocycles. The molecule has 66 heavy (non-hydrogen) atoms. The summed E-state index contributed by atoms with van der Waals surface area (Å²) in [5.74, 6) is -2.63. The quantitative estimate of drug-likeness (QED) is 0.0493. The standard InChI is InChI=1S/C48H47FN10O7/c1-26(52-36-12-8-11-31-42(36)48(65)59(47(31)64)39-17-18-41(60)55-46(39)63)38-25-58(57-56-38)20-7-6-19-50-44(61)30-16-13-27(21-35(30)49)32-22-33-37(23-40(32)66-2)51-24-34(45(62)54-29-14-15-29)43(33)53-28-9-4-3-5-10-28/h3-5,8-13,16,21-26,29,39,47,52,64H,6-7,14-15,17-20H2,1-2H3,(H,50,61)(H,51,53)(H,54,62)(H,55,60,63). The number of aliphatic hydroxyl groups is 1. The number of methoxy groups -OCH3 is 1. The van der Waals surface area contributed by atoms with Crippen LogP contribution >= 0.6 is 0 Å². The van der Waals surface area contributed by atoms with Crippen molar-refractivity contribution < 1.29 is 38.2 Å². The van der Waals surface area contributed by atoms with E-state index in [4.69, 9.17) is 4.74 Å². The molecule has 2 fully saturated rings. The molecule has 4 heterocycles. The molecule has 0 bridgehead atoms. The molecule has 338 valence electrons. The number of hydrogen-bond donors (Lipinski definition) is 6. The molecular weight excluding hydrogens is 848 g/mol. The molecule has 17 nitrogen and oxygen atoms in total. The number of aryl methyl sites for hydroxylation is 1. The Hall–Kier alpha value is -7.73. The summed E-state index contributed by atoms with van der Waals surface area (Å²) in [5, 5.41) is 35.0. The van der Waals surface area contributed by atoms with Gasteiger partial charge in [0.25, 0.3) is 17.7 Å². The number of benzene rings is 4. The van der Waals surface area contributed by atoms with Crippen molar-refractivity contribution in [3.8, 4) is 16.9 Å². The topological polar surface area (TPSA) is 222 Å². The number of nitrogens with zero attached hydrogens (tertiary/aromatic N) is 5. The van der Waals surface area contributed by atoms with E-state index >= 15 is 4.39 Å². The number of aliphatic hydroxyl groups excluding tert-OH is 1. The molecule has 1 saturated heterocycles. The van der Waals surface area contributed by atoms with Crippen LogP contribution in [0, 0.1) is 5.82 Å². The highest BCUT2D eigenvalue weighted by molar-refractivity contribution is 6.10. The minimum Gasteiger partial charge on any atom is -0.496 e. The Morgan fingerprint density at radius 3 is 2.55 bits per heavy atom. The summed E-state index contributed by atoms with van der Waals surface area (Å²) >= 11 is 0. The van der Waals surface area contributed by atoms with Gasteiger partial charge < -0.3 is 31.1 Å². The molecule has 3 atom stereocenters. The van der Waals surface area contributed by atoms with Crippen LogP contribution in [0.2, 0.25) is 0 Å². The zero-order valence-electron chi connectivity index (χ0n) is 36.1. The number of hydrogen-bond acceptors (Lipinski definition) is 12. The summed E-state index contributed by atoms with van der Waals surface area (Å²) in [5.41, 5.74) is 4.81. The lowest BCUT2D eigenvalue weighted by Crippen LogP contribution is -2.53. The number of carbonyl (C=O) groups excluding carboxylic acids is 5. The molecule has 1 aliphatic carbocycles. The maximum atomic E-state index is 15.8. The number of para-hydroxylation sites is 1. The molecule has 18 heteroatoms. The van der Waals surface area contributed by atoms with Gasteiger partial charge in [-0.1, -0.05) is 41.6 Å². The summed E-state index contributed by atoms with van der Waals surface area (Å²) in [6, 6.07) is 21.2. The molecule has 0 spiro atoms. The maximum absolute atomic E-state index is 15.8. The van der Waals surface area contributed by atoms with Crippen LogP contribution in [0.15, 0.2) is 91.3 Å². The Kier molecular flexibility index (Phi) is 12.1. The first-order valence-corrected chi connectivity index (χ1v) is 21.8. The fourth-order valence-corrected chi connectivity index (χ4v) is 8.36. The van der Waals surface area contributed by atoms with Crippen LogP contribution < -0.4 is 31.3 Å². The van der Waals surface area contributed by atoms with Crippen LogP contribution in [0.1, 0.15) is 100 Å². The number of carbonyl (C=O) groups is 5. The Balaban J connectivity index is 0.812. The number of unbranched alkanes of at least 4 members (excludes halogenated alkanes) is 1. The van der Waals surface area contributed by atoms with Crippen molar-refractivity contribution in [2.75, 3.05) is 24.3 Å². The number of ether oxygens (including phenoxy) is 1. The second kappa shape index (κ2) is 18.4. The van der Waals surface area contributed by atoms with Crippen LogP contribution in [0.3, 0.4) is 0 Å². The monoisotopic (exact) mass is 894 g/mol. The molecular formula is C48H47FN10O7. The van der Waals surface area contributed by atoms with Crippen LogP contribution in [-0.2, 0) is 16.1 Å². The van der Waals surface area contributed by atoms with Gasteiger partial charge in [0.2, 0.25) is 11.8 Å². The first kappa shape index (κ1) is 43.5. The highest BCUT2D eigenvalue weighted by atomic mass is 19.1. The van der Waals surface area contributed by atoms with E-state index < -0.39 is 47.8 Å². The van der Waals surface area contributed by atoms with E-state index in [9.17, 15) is 29.1 Å². The van der Waals surface area contributed by atoms with Crippen molar-refractivity contribution in [3.05, 3.63) is 125 Å². The molecule has 9 rings (SSSR count). The Bertz CT molecular complexity index is 2890. The van der Waals surface area contributed by atoms with E-state index in [1.54, 1.807) is 47.4 Å². The fraction of sp³-hybridized carbons (Fsp3) is 0.292. The third-order valence-corrected chi connectivity index (χ3v) is 12.0. The van der Waals surface area contributed by atoms with Gasteiger partial charge in [-0.15, -0.1) is 5.10 Å². The van der Waals surface area contributed by atoms with Gasteiger partial charge in [0.1, 0.15) is 23.3 Å². The number of piperidine rings is 1. The van der Waals surface area contributed by atoms with E-state index in [1.165, 1.54) is 19.2 Å². The Labute approximate surface area is 378 Å². The zero-order chi connectivity index (χ0) is 46.1. The Morgan fingerprint density at radius 2 is 1.79 bits per heavy atom. The molecule has 2 aromatic heterocycles. The van der Waals surface area contributed by atoms with Gasteiger partial charge in [-0.2, -0.15) is 0 Å². The lowest BCUT2D eigenvalue weighted by molar-refractivity contribution is -0.139. The third kappa shape index (κ3) is 8.86. The van der Waals surface area contributed by atoms with Gasteiger partial charge in [-0.25, -0.2) is 4.39 Å². The molecule has 6 N–H and O–H groups in total. The number of amides is 5. The van der Waals surface area contributed by atoms with Gasteiger partial charge in [-0.3, -0.25) is 43.9 Å². The summed E-state index contributed by atoms with van der Waals surface area (Å²) in [6.07, 6.45) is 5.21. The lowest BCUT2D eigenvalue weighted by Gasteiger charge is -2.31. The number of fused-ring (bicyclic) bond motifs is 2. The van der Waals surface area contributed by atoms with Crippen molar-refractivity contribution in [1.82, 2.24) is 40.8 Å². The average Bonchev–Trinajstić information content (AvgIpc) is 3.93. The molecule has 5 amide bonds. The summed E-state index contributed by atoms with van der Waals surface area (Å²) in [6.45, 7) is 2.63. The molecule has 3 aliphatic rings. The molecule has 6 aromatic rings. The third-order valence-electron chi connectivity index (χ3n) is 12.0. The average molecular weight is 895 g/mol. The fourth-order valence-electron chi connectivity index (χ4n) is 8.36. The number of aromatic nitrogens is 4. The van der Waals surface area contributed by atoms with Crippen molar-refractivity contribution in [1.29, 1.82) is 0 Å². The summed E-state index contributed by atoms with van der Waals surface area (Å²) < 4.78 is 23.2. The van der Waals surface area contributed by atoms with Gasteiger partial charge in [-0.05, 0) is 81.0 Å². The smallest absolute Gasteiger partial charge is 0.259 e. The van der Waals surface area contributed by atoms with Crippen molar-refractivity contribution in [2.45, 2.75) is 76.3 Å². The number of imide groups is 1. The summed E-state index contributed by atoms with van der Waals surface area (Å²) in [4.78, 5) is 70.1. The van der Waals surface area contributed by atoms with Crippen LogP contribution in [0.4, 0.5) is 21.5 Å². The largest absolute Gasteiger partial charge is 0.496 e. The minimum absolute atomic E-state index is 0.0653. The van der Waals surface area contributed by atoms with E-state index in [0.717, 1.165) is 23.4 Å². The van der Waals surface area contributed by atoms with E-state index in [0.29, 0.717) is 75.4 Å². The number of pyridine rings is 1. The lowest BCUT2D eigenvalue weighted by atomic mass is 9.98. The van der Waals surface area contributed by atoms with Crippen molar-refractivity contribution in [2.24, 2.45) is 0 Å². The summed E-state index contributed by atoms with van der Waals surface area (Å²) in [7, 11) is 1.51. The molecule has 3 unspecified atom stereocenters. The SMILES string of the molecule is COc1cc2ncc(C(=O)NC3CC3)c(Nc3ccccc3)c2cc1-c1ccc(C(=O)NCCCCn2cc(C(C)Nc3cccc4c3C(=O)N(C3CCC(=O)NC3=O)C4O)nn2)c(F)c1. The first-order valence-electron chi connectivity index (χ1n) is 21.8. The predicted molar refractivity (Wildman–Crippen MR) is 241 cm³/mol. The van der Waals surface area contributed by atoms with Gasteiger partial charge >= 0.3 is 0 Å². The normalized spacial score (nSPS) is 17.3. The second-order valence-corrected chi connectivity index (χ2v) is 16.6. The van der Waals surface area contributed by atoms with E-state index in [1.807, 2.05) is 43.3 Å². The van der Waals surface area contributed by atoms with Crippen molar-refractivity contribution in [3.63, 3.8) is 0 Å². The van der Waals surface area contributed by atoms with Crippen LogP contribution in [0.5, 0.6) is 5.75 Å². The highest BCUT2D eigenvalue weighted by Gasteiger charge is 2.45. The maximum Gasteiger partial charge on any atom is 0.259 e. The minimum atomic E-state index is -1.34. The predicted octanol–water partition coefficient (Wildman–Crippen LogP) is 5.91.